The van der Waals surface area contributed by atoms with E-state index in [-0.39, 0.29) is 5.92 Å². The minimum absolute atomic E-state index is 0.114. The van der Waals surface area contributed by atoms with Crippen molar-refractivity contribution < 1.29 is 23.7 Å². The van der Waals surface area contributed by atoms with Crippen LogP contribution in [0.15, 0.2) is 59.8 Å². The van der Waals surface area contributed by atoms with Gasteiger partial charge in [-0.25, -0.2) is 14.8 Å². The highest BCUT2D eigenvalue weighted by Gasteiger charge is 2.48. The molecular formula is C32H33N9O5. The lowest BCUT2D eigenvalue weighted by atomic mass is 9.66. The molecule has 0 aliphatic heterocycles. The van der Waals surface area contributed by atoms with E-state index in [1.165, 1.54) is 6.20 Å². The minimum atomic E-state index is -0.891. The van der Waals surface area contributed by atoms with Crippen molar-refractivity contribution in [1.29, 1.82) is 0 Å². The summed E-state index contributed by atoms with van der Waals surface area (Å²) in [4.78, 5) is 29.7. The zero-order valence-electron chi connectivity index (χ0n) is 25.9. The monoisotopic (exact) mass is 623 g/mol. The Labute approximate surface area is 264 Å². The molecule has 3 aromatic heterocycles. The Morgan fingerprint density at radius 3 is 2.61 bits per heavy atom. The van der Waals surface area contributed by atoms with Crippen molar-refractivity contribution in [2.75, 3.05) is 33.3 Å². The largest absolute Gasteiger partial charge is 0.497 e. The van der Waals surface area contributed by atoms with Crippen molar-refractivity contribution in [2.24, 2.45) is 5.11 Å². The zero-order chi connectivity index (χ0) is 32.3. The van der Waals surface area contributed by atoms with E-state index >= 15 is 0 Å². The molecule has 1 aliphatic rings. The minimum Gasteiger partial charge on any atom is -0.497 e. The lowest BCUT2D eigenvalue weighted by molar-refractivity contribution is 0.0504. The molecule has 46 heavy (non-hydrogen) atoms. The molecule has 1 aliphatic carbocycles. The number of carbonyl (C=O) groups is 1. The van der Waals surface area contributed by atoms with E-state index in [0.29, 0.717) is 77.4 Å². The average Bonchev–Trinajstić information content (AvgIpc) is 3.53. The summed E-state index contributed by atoms with van der Waals surface area (Å²) >= 11 is 0. The smallest absolute Gasteiger partial charge is 0.339 e. The van der Waals surface area contributed by atoms with Gasteiger partial charge in [0, 0.05) is 40.6 Å². The van der Waals surface area contributed by atoms with Gasteiger partial charge >= 0.3 is 5.97 Å². The van der Waals surface area contributed by atoms with Gasteiger partial charge in [0.2, 0.25) is 5.95 Å². The number of carbonyl (C=O) groups excluding carboxylic acids is 1. The number of ether oxygens (including phenoxy) is 4. The van der Waals surface area contributed by atoms with E-state index in [1.54, 1.807) is 38.0 Å². The van der Waals surface area contributed by atoms with Crippen LogP contribution in [0.5, 0.6) is 17.2 Å². The highest BCUT2D eigenvalue weighted by atomic mass is 16.5. The fraction of sp³-hybridized carbons (Fsp3) is 0.344. The van der Waals surface area contributed by atoms with Gasteiger partial charge in [-0.3, -0.25) is 4.98 Å². The number of pyridine rings is 1. The molecule has 0 bridgehead atoms. The van der Waals surface area contributed by atoms with E-state index in [4.69, 9.17) is 34.0 Å². The summed E-state index contributed by atoms with van der Waals surface area (Å²) in [5.74, 6) is 2.47. The van der Waals surface area contributed by atoms with Crippen LogP contribution in [-0.2, 0) is 16.8 Å². The molecule has 14 nitrogen and oxygen atoms in total. The maximum Gasteiger partial charge on any atom is 0.339 e. The predicted molar refractivity (Wildman–Crippen MR) is 169 cm³/mol. The van der Waals surface area contributed by atoms with Gasteiger partial charge in [0.25, 0.3) is 0 Å². The van der Waals surface area contributed by atoms with Crippen LogP contribution < -0.4 is 19.5 Å². The first-order valence-electron chi connectivity index (χ1n) is 14.8. The quantitative estimate of drug-likeness (QED) is 0.0756. The summed E-state index contributed by atoms with van der Waals surface area (Å²) in [6.45, 7) is 2.65. The molecule has 1 N–H and O–H groups in total. The maximum absolute atomic E-state index is 12.2. The molecule has 0 saturated heterocycles. The molecule has 2 aromatic carbocycles. The number of nitrogens with one attached hydrogen (secondary N) is 1. The van der Waals surface area contributed by atoms with E-state index < -0.39 is 11.5 Å². The molecule has 0 spiro atoms. The number of methoxy groups -OCH3 is 3. The van der Waals surface area contributed by atoms with Crippen molar-refractivity contribution in [2.45, 2.75) is 44.2 Å². The Morgan fingerprint density at radius 1 is 1.09 bits per heavy atom. The second-order valence-electron chi connectivity index (χ2n) is 10.9. The third-order valence-corrected chi connectivity index (χ3v) is 8.12. The molecular weight excluding hydrogens is 590 g/mol. The van der Waals surface area contributed by atoms with Gasteiger partial charge in [-0.05, 0) is 61.2 Å². The Bertz CT molecular complexity index is 1950. The Balaban J connectivity index is 1.32. The number of fused-ring (bicyclic) bond motifs is 3. The molecule has 0 amide bonds. The molecule has 0 unspecified atom stereocenters. The third-order valence-electron chi connectivity index (χ3n) is 8.12. The van der Waals surface area contributed by atoms with Gasteiger partial charge in [0.15, 0.2) is 11.5 Å². The molecule has 1 fully saturated rings. The number of hydrogen-bond donors (Lipinski definition) is 1. The third kappa shape index (κ3) is 5.54. The highest BCUT2D eigenvalue weighted by Crippen LogP contribution is 2.52. The topological polar surface area (TPSA) is 171 Å². The predicted octanol–water partition coefficient (Wildman–Crippen LogP) is 5.96. The molecule has 5 aromatic rings. The number of benzene rings is 2. The van der Waals surface area contributed by atoms with Crippen molar-refractivity contribution in [3.8, 4) is 17.2 Å². The SMILES string of the molecule is CCCOC(=O)c1ccc(C2(N=[N+]=[N-])CC(c3nc4c5cccc(OC)c5nc(NCc5ccc(OC)cc5OC)n4n3)C2)nc1. The van der Waals surface area contributed by atoms with Crippen molar-refractivity contribution in [1.82, 2.24) is 24.6 Å². The summed E-state index contributed by atoms with van der Waals surface area (Å²) in [7, 11) is 4.82. The molecule has 14 heteroatoms. The number of esters is 1. The number of anilines is 1. The Morgan fingerprint density at radius 2 is 1.91 bits per heavy atom. The standard InChI is InChI=1S/C32H33N9O5/c1-5-13-46-30(42)20-10-12-26(34-18-20)32(39-40-33)15-21(16-32)28-37-29-23-7-6-8-24(44-3)27(23)36-31(41(29)38-28)35-17-19-9-11-22(43-2)14-25(19)45-4/h6-12,14,18,21H,5,13,15-17H2,1-4H3,(H,35,36). The van der Waals surface area contributed by atoms with Crippen LogP contribution in [0.4, 0.5) is 5.95 Å². The van der Waals surface area contributed by atoms with Crippen LogP contribution in [-0.4, -0.2) is 58.5 Å². The lowest BCUT2D eigenvalue weighted by Gasteiger charge is -2.42. The summed E-state index contributed by atoms with van der Waals surface area (Å²) in [6, 6.07) is 14.6. The van der Waals surface area contributed by atoms with Crippen LogP contribution in [0.3, 0.4) is 0 Å². The molecule has 6 rings (SSSR count). The maximum atomic E-state index is 12.2. The Kier molecular flexibility index (Phi) is 8.45. The average molecular weight is 624 g/mol. The number of para-hydroxylation sites is 1. The number of azide groups is 1. The fourth-order valence-corrected chi connectivity index (χ4v) is 5.68. The van der Waals surface area contributed by atoms with Gasteiger partial charge in [-0.2, -0.15) is 4.52 Å². The normalized spacial score (nSPS) is 17.2. The number of hydrogen-bond acceptors (Lipinski definition) is 11. The van der Waals surface area contributed by atoms with Crippen LogP contribution >= 0.6 is 0 Å². The van der Waals surface area contributed by atoms with E-state index in [2.05, 4.69) is 20.3 Å². The number of rotatable bonds is 12. The summed E-state index contributed by atoms with van der Waals surface area (Å²) < 4.78 is 23.4. The first-order valence-corrected chi connectivity index (χ1v) is 14.8. The van der Waals surface area contributed by atoms with Gasteiger partial charge in [0.1, 0.15) is 22.8 Å². The molecule has 3 heterocycles. The van der Waals surface area contributed by atoms with Crippen molar-refractivity contribution in [3.63, 3.8) is 0 Å². The molecule has 0 radical (unpaired) electrons. The molecule has 236 valence electrons. The van der Waals surface area contributed by atoms with Crippen LogP contribution in [0.2, 0.25) is 0 Å². The van der Waals surface area contributed by atoms with Gasteiger partial charge in [-0.1, -0.05) is 18.1 Å². The second kappa shape index (κ2) is 12.8. The second-order valence-corrected chi connectivity index (χ2v) is 10.9. The Hall–Kier alpha value is -5.62. The van der Waals surface area contributed by atoms with Crippen molar-refractivity contribution in [3.05, 3.63) is 87.8 Å². The van der Waals surface area contributed by atoms with E-state index in [0.717, 1.165) is 17.4 Å². The molecule has 0 atom stereocenters. The summed E-state index contributed by atoms with van der Waals surface area (Å²) in [6.07, 6.45) is 3.08. The number of aromatic nitrogens is 5. The number of nitrogens with zero attached hydrogens (tertiary/aromatic N) is 8. The van der Waals surface area contributed by atoms with Crippen LogP contribution in [0.1, 0.15) is 59.5 Å². The fourth-order valence-electron chi connectivity index (χ4n) is 5.68. The van der Waals surface area contributed by atoms with E-state index in [9.17, 15) is 10.3 Å². The van der Waals surface area contributed by atoms with Crippen LogP contribution in [0, 0.1) is 0 Å². The van der Waals surface area contributed by atoms with Crippen LogP contribution in [0.25, 0.3) is 27.0 Å². The van der Waals surface area contributed by atoms with Gasteiger partial charge in [0.05, 0.1) is 44.7 Å². The van der Waals surface area contributed by atoms with Gasteiger partial charge in [-0.15, -0.1) is 5.10 Å². The molecule has 1 saturated carbocycles. The highest BCUT2D eigenvalue weighted by molar-refractivity contribution is 5.96. The zero-order valence-corrected chi connectivity index (χ0v) is 25.9. The van der Waals surface area contributed by atoms with Crippen molar-refractivity contribution >= 4 is 28.5 Å². The first kappa shape index (κ1) is 30.4. The lowest BCUT2D eigenvalue weighted by Crippen LogP contribution is -2.39. The summed E-state index contributed by atoms with van der Waals surface area (Å²) in [5, 5.41) is 13.2. The van der Waals surface area contributed by atoms with E-state index in [1.807, 2.05) is 43.3 Å². The van der Waals surface area contributed by atoms with Gasteiger partial charge < -0.3 is 24.3 Å². The summed E-state index contributed by atoms with van der Waals surface area (Å²) in [5.41, 5.74) is 11.6. The first-order chi connectivity index (χ1) is 22.4.